The summed E-state index contributed by atoms with van der Waals surface area (Å²) in [5.41, 5.74) is 10.2. The minimum atomic E-state index is 0.194. The van der Waals surface area contributed by atoms with Gasteiger partial charge in [0.1, 0.15) is 11.5 Å². The van der Waals surface area contributed by atoms with Gasteiger partial charge in [0.25, 0.3) is 0 Å². The SMILES string of the molecule is CCCC1CCC(c2ccc(-c3ccc4ccc5c(c4c3)-c3c(ccc4ccc(-c6ccc(C7CCC(CCC)CC7)cc6)cc34)OCO5)cc2)CC1. The molecule has 2 saturated carbocycles. The molecule has 2 aliphatic carbocycles. The molecule has 0 radical (unpaired) electrons. The number of fused-ring (bicyclic) bond motifs is 7. The molecule has 2 fully saturated rings. The molecule has 6 aromatic carbocycles. The van der Waals surface area contributed by atoms with Gasteiger partial charge in [-0.15, -0.1) is 0 Å². The summed E-state index contributed by atoms with van der Waals surface area (Å²) in [6.45, 7) is 4.84. The Bertz CT molecular complexity index is 2040. The van der Waals surface area contributed by atoms with Gasteiger partial charge in [0.05, 0.1) is 0 Å². The van der Waals surface area contributed by atoms with Gasteiger partial charge < -0.3 is 9.47 Å². The van der Waals surface area contributed by atoms with Crippen LogP contribution in [0.15, 0.2) is 109 Å². The zero-order valence-electron chi connectivity index (χ0n) is 31.7. The van der Waals surface area contributed by atoms with Crippen LogP contribution < -0.4 is 9.47 Å². The molecule has 53 heavy (non-hydrogen) atoms. The van der Waals surface area contributed by atoms with Crippen LogP contribution in [0.4, 0.5) is 0 Å². The Morgan fingerprint density at radius 2 is 0.811 bits per heavy atom. The third-order valence-electron chi connectivity index (χ3n) is 13.2. The normalized spacial score (nSPS) is 21.3. The molecule has 6 aromatic rings. The Kier molecular flexibility index (Phi) is 9.72. The van der Waals surface area contributed by atoms with E-state index in [4.69, 9.17) is 9.47 Å². The van der Waals surface area contributed by atoms with E-state index in [0.717, 1.165) is 34.5 Å². The summed E-state index contributed by atoms with van der Waals surface area (Å²) in [5, 5.41) is 4.80. The van der Waals surface area contributed by atoms with Crippen LogP contribution in [0, 0.1) is 11.8 Å². The zero-order chi connectivity index (χ0) is 35.7. The predicted octanol–water partition coefficient (Wildman–Crippen LogP) is 14.9. The molecule has 0 bridgehead atoms. The highest BCUT2D eigenvalue weighted by molar-refractivity contribution is 6.11. The molecule has 9 rings (SSSR count). The Morgan fingerprint density at radius 3 is 1.21 bits per heavy atom. The lowest BCUT2D eigenvalue weighted by Gasteiger charge is -2.28. The van der Waals surface area contributed by atoms with Crippen molar-refractivity contribution in [3.63, 3.8) is 0 Å². The van der Waals surface area contributed by atoms with Crippen molar-refractivity contribution in [2.24, 2.45) is 11.8 Å². The van der Waals surface area contributed by atoms with Crippen molar-refractivity contribution >= 4 is 21.5 Å². The first-order valence-corrected chi connectivity index (χ1v) is 20.7. The number of hydrogen-bond acceptors (Lipinski definition) is 2. The number of ether oxygens (including phenoxy) is 2. The van der Waals surface area contributed by atoms with Gasteiger partial charge in [-0.1, -0.05) is 124 Å². The van der Waals surface area contributed by atoms with Crippen molar-refractivity contribution in [3.05, 3.63) is 120 Å². The molecule has 2 heteroatoms. The molecule has 0 unspecified atom stereocenters. The van der Waals surface area contributed by atoms with E-state index in [1.54, 1.807) is 0 Å². The maximum atomic E-state index is 6.32. The number of benzene rings is 6. The summed E-state index contributed by atoms with van der Waals surface area (Å²) in [6.07, 6.45) is 16.2. The second-order valence-corrected chi connectivity index (χ2v) is 16.4. The molecule has 0 amide bonds. The van der Waals surface area contributed by atoms with Crippen LogP contribution in [0.2, 0.25) is 0 Å². The van der Waals surface area contributed by atoms with Crippen molar-refractivity contribution in [3.8, 4) is 44.9 Å². The van der Waals surface area contributed by atoms with Crippen molar-refractivity contribution in [2.75, 3.05) is 6.79 Å². The molecule has 1 aliphatic heterocycles. The van der Waals surface area contributed by atoms with Crippen LogP contribution in [0.3, 0.4) is 0 Å². The molecule has 270 valence electrons. The van der Waals surface area contributed by atoms with Crippen molar-refractivity contribution < 1.29 is 9.47 Å². The lowest BCUT2D eigenvalue weighted by molar-refractivity contribution is 0.125. The van der Waals surface area contributed by atoms with E-state index < -0.39 is 0 Å². The molecule has 0 N–H and O–H groups in total. The van der Waals surface area contributed by atoms with Gasteiger partial charge in [-0.25, -0.2) is 0 Å². The smallest absolute Gasteiger partial charge is 0.230 e. The van der Waals surface area contributed by atoms with Gasteiger partial charge in [-0.3, -0.25) is 0 Å². The zero-order valence-corrected chi connectivity index (χ0v) is 31.7. The molecular formula is C51H54O2. The molecular weight excluding hydrogens is 645 g/mol. The summed E-state index contributed by atoms with van der Waals surface area (Å²) >= 11 is 0. The summed E-state index contributed by atoms with van der Waals surface area (Å²) in [7, 11) is 0. The molecule has 2 nitrogen and oxygen atoms in total. The van der Waals surface area contributed by atoms with Crippen LogP contribution in [-0.2, 0) is 0 Å². The third kappa shape index (κ3) is 6.87. The number of hydrogen-bond donors (Lipinski definition) is 0. The molecule has 3 aliphatic rings. The van der Waals surface area contributed by atoms with E-state index >= 15 is 0 Å². The second kappa shape index (κ2) is 15.1. The van der Waals surface area contributed by atoms with Crippen LogP contribution in [0.5, 0.6) is 11.5 Å². The van der Waals surface area contributed by atoms with Crippen LogP contribution in [0.25, 0.3) is 54.9 Å². The molecule has 0 saturated heterocycles. The van der Waals surface area contributed by atoms with Gasteiger partial charge >= 0.3 is 0 Å². The molecule has 0 aromatic heterocycles. The lowest BCUT2D eigenvalue weighted by Crippen LogP contribution is -2.13. The van der Waals surface area contributed by atoms with Gasteiger partial charge in [-0.2, -0.15) is 0 Å². The van der Waals surface area contributed by atoms with E-state index in [0.29, 0.717) is 11.8 Å². The molecule has 0 atom stereocenters. The van der Waals surface area contributed by atoms with E-state index in [2.05, 4.69) is 123 Å². The minimum Gasteiger partial charge on any atom is -0.457 e. The van der Waals surface area contributed by atoms with Crippen LogP contribution >= 0.6 is 0 Å². The fourth-order valence-corrected chi connectivity index (χ4v) is 10.2. The number of rotatable bonds is 8. The summed E-state index contributed by atoms with van der Waals surface area (Å²) in [5.74, 6) is 5.01. The highest BCUT2D eigenvalue weighted by atomic mass is 16.7. The summed E-state index contributed by atoms with van der Waals surface area (Å²) < 4.78 is 12.6. The maximum Gasteiger partial charge on any atom is 0.230 e. The molecule has 0 spiro atoms. The third-order valence-corrected chi connectivity index (χ3v) is 13.2. The first-order valence-electron chi connectivity index (χ1n) is 20.7. The average molecular weight is 699 g/mol. The Balaban J connectivity index is 1.05. The van der Waals surface area contributed by atoms with Crippen molar-refractivity contribution in [1.82, 2.24) is 0 Å². The Morgan fingerprint density at radius 1 is 0.434 bits per heavy atom. The highest BCUT2D eigenvalue weighted by Gasteiger charge is 2.25. The van der Waals surface area contributed by atoms with Gasteiger partial charge in [-0.05, 0) is 154 Å². The van der Waals surface area contributed by atoms with Crippen LogP contribution in [0.1, 0.15) is 114 Å². The van der Waals surface area contributed by atoms with E-state index in [-0.39, 0.29) is 6.79 Å². The van der Waals surface area contributed by atoms with Crippen LogP contribution in [-0.4, -0.2) is 6.79 Å². The highest BCUT2D eigenvalue weighted by Crippen LogP contribution is 2.48. The van der Waals surface area contributed by atoms with E-state index in [1.165, 1.54) is 132 Å². The van der Waals surface area contributed by atoms with Crippen molar-refractivity contribution in [2.45, 2.75) is 103 Å². The van der Waals surface area contributed by atoms with Gasteiger partial charge in [0, 0.05) is 11.1 Å². The minimum absolute atomic E-state index is 0.194. The topological polar surface area (TPSA) is 18.5 Å². The fraction of sp³-hybridized carbons (Fsp3) is 0.373. The first-order chi connectivity index (χ1) is 26.1. The van der Waals surface area contributed by atoms with Gasteiger partial charge in [0.2, 0.25) is 6.79 Å². The summed E-state index contributed by atoms with van der Waals surface area (Å²) in [4.78, 5) is 0. The monoisotopic (exact) mass is 698 g/mol. The average Bonchev–Trinajstić information content (AvgIpc) is 3.41. The second-order valence-electron chi connectivity index (χ2n) is 16.4. The predicted molar refractivity (Wildman–Crippen MR) is 223 cm³/mol. The fourth-order valence-electron chi connectivity index (χ4n) is 10.2. The van der Waals surface area contributed by atoms with E-state index in [1.807, 2.05) is 0 Å². The maximum absolute atomic E-state index is 6.32. The summed E-state index contributed by atoms with van der Waals surface area (Å²) in [6, 6.07) is 41.4. The van der Waals surface area contributed by atoms with Gasteiger partial charge in [0.15, 0.2) is 0 Å². The largest absolute Gasteiger partial charge is 0.457 e. The first kappa shape index (κ1) is 34.2. The standard InChI is InChI=1S/C51H54O2/c1-3-5-34-7-11-36(12-8-34)38-15-19-40(20-16-38)44-25-23-42-27-29-48-50(46(42)31-44)51-47-32-45(26-24-43(47)28-30-49(51)53-33-52-48)41-21-17-39(18-22-41)37-13-9-35(6-4-2)10-14-37/h15-32,34-37H,3-14,33H2,1-2H3. The lowest BCUT2D eigenvalue weighted by atomic mass is 9.77. The Hall–Kier alpha value is -4.56. The van der Waals surface area contributed by atoms with Crippen molar-refractivity contribution in [1.29, 1.82) is 0 Å². The quantitative estimate of drug-likeness (QED) is 0.158. The molecule has 1 heterocycles. The Labute approximate surface area is 316 Å². The van der Waals surface area contributed by atoms with E-state index in [9.17, 15) is 0 Å².